The monoisotopic (exact) mass is 538 g/mol. The fourth-order valence-corrected chi connectivity index (χ4v) is 6.31. The van der Waals surface area contributed by atoms with Crippen molar-refractivity contribution in [3.63, 3.8) is 0 Å². The largest absolute Gasteiger partial charge is 0.366 e. The molecule has 0 radical (unpaired) electrons. The maximum absolute atomic E-state index is 13.9. The molecule has 4 heterocycles. The standard InChI is InChI=1S/C28H38N6O3S/c1-18-9-10-24(31-38(5,36)37)23(12-18)28(35)32-11-7-6-8-26(32)25-13-22-14-27(19(2)16-34(22)30-25)33-17-20(3)29-15-21(33)4/h9-10,12-14,16,20-21,26,29,31H,6-8,11,15,17H2,1-5H3/t20-,21+,26-/m0/s1. The SMILES string of the molecule is Cc1ccc(NS(C)(=O)=O)c(C(=O)N2CCCC[C@H]2c2cc3cc(N4C[C@H](C)NC[C@H]4C)c(C)cn3n2)c1. The van der Waals surface area contributed by atoms with Crippen LogP contribution in [-0.2, 0) is 10.0 Å². The molecule has 2 N–H and O–H groups in total. The Hall–Kier alpha value is -3.11. The van der Waals surface area contributed by atoms with Crippen molar-refractivity contribution in [2.45, 2.75) is 65.1 Å². The van der Waals surface area contributed by atoms with Gasteiger partial charge in [-0.25, -0.2) is 12.9 Å². The molecule has 9 nitrogen and oxygen atoms in total. The van der Waals surface area contributed by atoms with E-state index in [-0.39, 0.29) is 11.9 Å². The zero-order chi connectivity index (χ0) is 27.2. The molecule has 5 rings (SSSR count). The first-order valence-corrected chi connectivity index (χ1v) is 15.3. The molecular weight excluding hydrogens is 500 g/mol. The molecule has 0 unspecified atom stereocenters. The third kappa shape index (κ3) is 5.37. The highest BCUT2D eigenvalue weighted by molar-refractivity contribution is 7.92. The van der Waals surface area contributed by atoms with Gasteiger partial charge < -0.3 is 15.1 Å². The lowest BCUT2D eigenvalue weighted by Gasteiger charge is -2.40. The first kappa shape index (κ1) is 26.5. The van der Waals surface area contributed by atoms with Gasteiger partial charge in [-0.15, -0.1) is 0 Å². The number of carbonyl (C=O) groups is 1. The number of nitrogens with one attached hydrogen (secondary N) is 2. The second kappa shape index (κ2) is 10.2. The van der Waals surface area contributed by atoms with E-state index >= 15 is 0 Å². The smallest absolute Gasteiger partial charge is 0.256 e. The van der Waals surface area contributed by atoms with Gasteiger partial charge in [0.05, 0.1) is 34.8 Å². The summed E-state index contributed by atoms with van der Waals surface area (Å²) in [6.07, 6.45) is 5.90. The molecule has 0 aliphatic carbocycles. The Morgan fingerprint density at radius 2 is 1.92 bits per heavy atom. The molecule has 2 saturated heterocycles. The van der Waals surface area contributed by atoms with E-state index in [1.165, 1.54) is 11.3 Å². The van der Waals surface area contributed by atoms with Crippen LogP contribution < -0.4 is 14.9 Å². The molecule has 38 heavy (non-hydrogen) atoms. The van der Waals surface area contributed by atoms with Gasteiger partial charge >= 0.3 is 0 Å². The fraction of sp³-hybridized carbons (Fsp3) is 0.500. The Morgan fingerprint density at radius 1 is 1.13 bits per heavy atom. The number of nitrogens with zero attached hydrogens (tertiary/aromatic N) is 4. The minimum absolute atomic E-state index is 0.176. The highest BCUT2D eigenvalue weighted by atomic mass is 32.2. The number of hydrogen-bond donors (Lipinski definition) is 2. The van der Waals surface area contributed by atoms with E-state index in [1.807, 2.05) is 16.3 Å². The molecule has 204 valence electrons. The molecule has 2 fully saturated rings. The van der Waals surface area contributed by atoms with Crippen LogP contribution in [0.25, 0.3) is 5.52 Å². The number of hydrogen-bond acceptors (Lipinski definition) is 6. The number of anilines is 2. The van der Waals surface area contributed by atoms with E-state index in [0.29, 0.717) is 29.9 Å². The minimum atomic E-state index is -3.53. The second-order valence-electron chi connectivity index (χ2n) is 11.0. The van der Waals surface area contributed by atoms with Crippen molar-refractivity contribution in [1.82, 2.24) is 19.8 Å². The number of amides is 1. The molecule has 10 heteroatoms. The van der Waals surface area contributed by atoms with Gasteiger partial charge in [0.15, 0.2) is 0 Å². The average Bonchev–Trinajstić information content (AvgIpc) is 3.27. The van der Waals surface area contributed by atoms with Crippen molar-refractivity contribution in [1.29, 1.82) is 0 Å². The topological polar surface area (TPSA) is 99.0 Å². The molecule has 2 aliphatic rings. The number of benzene rings is 1. The number of rotatable bonds is 5. The fourth-order valence-electron chi connectivity index (χ4n) is 5.73. The molecular formula is C28H38N6O3S. The predicted molar refractivity (Wildman–Crippen MR) is 151 cm³/mol. The first-order valence-electron chi connectivity index (χ1n) is 13.4. The summed E-state index contributed by atoms with van der Waals surface area (Å²) in [7, 11) is -3.53. The van der Waals surface area contributed by atoms with Crippen LogP contribution in [0.3, 0.4) is 0 Å². The van der Waals surface area contributed by atoms with Crippen molar-refractivity contribution >= 4 is 32.8 Å². The lowest BCUT2D eigenvalue weighted by atomic mass is 9.97. The van der Waals surface area contributed by atoms with E-state index in [4.69, 9.17) is 5.10 Å². The summed E-state index contributed by atoms with van der Waals surface area (Å²) < 4.78 is 28.4. The number of likely N-dealkylation sites (tertiary alicyclic amines) is 1. The summed E-state index contributed by atoms with van der Waals surface area (Å²) in [6, 6.07) is 10.2. The van der Waals surface area contributed by atoms with E-state index in [0.717, 1.165) is 55.4 Å². The van der Waals surface area contributed by atoms with Crippen LogP contribution in [0.1, 0.15) is 66.3 Å². The van der Waals surface area contributed by atoms with Crippen molar-refractivity contribution in [2.75, 3.05) is 35.5 Å². The number of fused-ring (bicyclic) bond motifs is 1. The van der Waals surface area contributed by atoms with Gasteiger partial charge in [0.2, 0.25) is 10.0 Å². The number of aryl methyl sites for hydroxylation is 2. The number of piperazine rings is 1. The maximum Gasteiger partial charge on any atom is 0.256 e. The predicted octanol–water partition coefficient (Wildman–Crippen LogP) is 3.88. The number of carbonyl (C=O) groups excluding carboxylic acids is 1. The van der Waals surface area contributed by atoms with E-state index in [2.05, 4.69) is 54.0 Å². The summed E-state index contributed by atoms with van der Waals surface area (Å²) in [5, 5.41) is 8.47. The van der Waals surface area contributed by atoms with Crippen LogP contribution in [-0.4, -0.2) is 66.8 Å². The lowest BCUT2D eigenvalue weighted by Crippen LogP contribution is -2.54. The second-order valence-corrected chi connectivity index (χ2v) is 12.8. The van der Waals surface area contributed by atoms with Crippen molar-refractivity contribution in [3.05, 3.63) is 58.9 Å². The van der Waals surface area contributed by atoms with Crippen LogP contribution in [0, 0.1) is 13.8 Å². The quantitative estimate of drug-likeness (QED) is 0.512. The Labute approximate surface area is 225 Å². The minimum Gasteiger partial charge on any atom is -0.366 e. The zero-order valence-electron chi connectivity index (χ0n) is 22.9. The molecule has 2 aromatic heterocycles. The molecule has 0 spiro atoms. The molecule has 1 amide bonds. The third-order valence-corrected chi connectivity index (χ3v) is 8.26. The summed E-state index contributed by atoms with van der Waals surface area (Å²) in [5.74, 6) is -0.179. The van der Waals surface area contributed by atoms with E-state index < -0.39 is 10.0 Å². The third-order valence-electron chi connectivity index (χ3n) is 7.67. The normalized spacial score (nSPS) is 22.6. The van der Waals surface area contributed by atoms with Gasteiger partial charge in [-0.3, -0.25) is 9.52 Å². The summed E-state index contributed by atoms with van der Waals surface area (Å²) in [6.45, 7) is 11.0. The van der Waals surface area contributed by atoms with Gasteiger partial charge in [0, 0.05) is 43.6 Å². The van der Waals surface area contributed by atoms with Gasteiger partial charge in [-0.1, -0.05) is 11.6 Å². The van der Waals surface area contributed by atoms with Gasteiger partial charge in [0.1, 0.15) is 0 Å². The Balaban J connectivity index is 1.49. The van der Waals surface area contributed by atoms with Crippen LogP contribution in [0.4, 0.5) is 11.4 Å². The molecule has 0 bridgehead atoms. The van der Waals surface area contributed by atoms with Crippen molar-refractivity contribution in [3.8, 4) is 0 Å². The maximum atomic E-state index is 13.9. The van der Waals surface area contributed by atoms with Crippen LogP contribution in [0.15, 0.2) is 36.5 Å². The first-order chi connectivity index (χ1) is 18.0. The molecule has 2 aliphatic heterocycles. The summed E-state index contributed by atoms with van der Waals surface area (Å²) in [4.78, 5) is 18.2. The van der Waals surface area contributed by atoms with Gasteiger partial charge in [0.25, 0.3) is 5.91 Å². The van der Waals surface area contributed by atoms with E-state index in [9.17, 15) is 13.2 Å². The lowest BCUT2D eigenvalue weighted by molar-refractivity contribution is 0.0606. The van der Waals surface area contributed by atoms with E-state index in [1.54, 1.807) is 18.2 Å². The number of sulfonamides is 1. The van der Waals surface area contributed by atoms with Crippen molar-refractivity contribution < 1.29 is 13.2 Å². The molecule has 0 saturated carbocycles. The number of pyridine rings is 1. The number of aromatic nitrogens is 2. The Kier molecular flexibility index (Phi) is 7.13. The van der Waals surface area contributed by atoms with Gasteiger partial charge in [-0.05, 0) is 76.8 Å². The molecule has 3 atom stereocenters. The Bertz CT molecular complexity index is 1470. The Morgan fingerprint density at radius 3 is 2.68 bits per heavy atom. The summed E-state index contributed by atoms with van der Waals surface area (Å²) in [5.41, 5.74) is 5.83. The molecule has 1 aromatic carbocycles. The van der Waals surface area contributed by atoms with Crippen molar-refractivity contribution in [2.24, 2.45) is 0 Å². The highest BCUT2D eigenvalue weighted by Crippen LogP contribution is 2.35. The molecule has 3 aromatic rings. The average molecular weight is 539 g/mol. The summed E-state index contributed by atoms with van der Waals surface area (Å²) >= 11 is 0. The van der Waals surface area contributed by atoms with Gasteiger partial charge in [-0.2, -0.15) is 5.10 Å². The van der Waals surface area contributed by atoms with Crippen LogP contribution in [0.2, 0.25) is 0 Å². The van der Waals surface area contributed by atoms with Crippen LogP contribution >= 0.6 is 0 Å². The highest BCUT2D eigenvalue weighted by Gasteiger charge is 2.32. The number of piperidine rings is 1. The van der Waals surface area contributed by atoms with Crippen LogP contribution in [0.5, 0.6) is 0 Å². The zero-order valence-corrected chi connectivity index (χ0v) is 23.7.